The van der Waals surface area contributed by atoms with Crippen molar-refractivity contribution < 1.29 is 0 Å². The third-order valence-corrected chi connectivity index (χ3v) is 3.27. The number of rotatable bonds is 6. The molecule has 3 rings (SSSR count). The molecule has 5 nitrogen and oxygen atoms in total. The molecule has 1 heterocycles. The average molecular weight is 327 g/mol. The predicted octanol–water partition coefficient (Wildman–Crippen LogP) is 3.92. The van der Waals surface area contributed by atoms with E-state index >= 15 is 0 Å². The van der Waals surface area contributed by atoms with Crippen LogP contribution < -0.4 is 0 Å². The lowest BCUT2D eigenvalue weighted by Crippen LogP contribution is -1.84. The van der Waals surface area contributed by atoms with Crippen LogP contribution in [0, 0.1) is 0 Å². The van der Waals surface area contributed by atoms with E-state index in [1.54, 1.807) is 24.9 Å². The number of benzene rings is 2. The molecule has 0 radical (unpaired) electrons. The predicted molar refractivity (Wildman–Crippen MR) is 104 cm³/mol. The summed E-state index contributed by atoms with van der Waals surface area (Å²) in [4.78, 5) is 3.16. The highest BCUT2D eigenvalue weighted by Gasteiger charge is 1.92. The number of H-pyrrole nitrogens is 1. The van der Waals surface area contributed by atoms with Gasteiger partial charge in [-0.2, -0.15) is 20.4 Å². The Morgan fingerprint density at radius 1 is 0.480 bits per heavy atom. The van der Waals surface area contributed by atoms with E-state index in [1.165, 1.54) is 0 Å². The Kier molecular flexibility index (Phi) is 5.78. The molecular weight excluding hydrogens is 310 g/mol. The topological polar surface area (TPSA) is 65.2 Å². The van der Waals surface area contributed by atoms with Crippen LogP contribution in [0.25, 0.3) is 0 Å². The first-order valence-electron chi connectivity index (χ1n) is 7.82. The number of aromatic nitrogens is 1. The first-order chi connectivity index (χ1) is 12.4. The molecular formula is C20H17N5. The Hall–Kier alpha value is -3.60. The van der Waals surface area contributed by atoms with Crippen LogP contribution in [0.1, 0.15) is 22.5 Å². The highest BCUT2D eigenvalue weighted by atomic mass is 15.2. The minimum absolute atomic E-state index is 0.846. The molecule has 122 valence electrons. The van der Waals surface area contributed by atoms with Gasteiger partial charge in [-0.1, -0.05) is 60.7 Å². The zero-order valence-corrected chi connectivity index (χ0v) is 13.5. The summed E-state index contributed by atoms with van der Waals surface area (Å²) in [5.41, 5.74) is 3.71. The van der Waals surface area contributed by atoms with E-state index in [1.807, 2.05) is 72.8 Å². The van der Waals surface area contributed by atoms with Crippen LogP contribution in [0.5, 0.6) is 0 Å². The monoisotopic (exact) mass is 327 g/mol. The highest BCUT2D eigenvalue weighted by Crippen LogP contribution is 1.99. The SMILES string of the molecule is C(=N/N=C/c1ccc(/C=N/N=C\c2ccccc2)[nH]1)/c1ccccc1. The van der Waals surface area contributed by atoms with Crippen LogP contribution in [0.3, 0.4) is 0 Å². The van der Waals surface area contributed by atoms with Crippen molar-refractivity contribution in [3.63, 3.8) is 0 Å². The van der Waals surface area contributed by atoms with Gasteiger partial charge >= 0.3 is 0 Å². The smallest absolute Gasteiger partial charge is 0.0730 e. The van der Waals surface area contributed by atoms with Gasteiger partial charge < -0.3 is 4.98 Å². The molecule has 2 aromatic carbocycles. The van der Waals surface area contributed by atoms with Crippen molar-refractivity contribution in [1.82, 2.24) is 4.98 Å². The summed E-state index contributed by atoms with van der Waals surface area (Å²) in [5.74, 6) is 0. The van der Waals surface area contributed by atoms with Crippen molar-refractivity contribution in [3.05, 3.63) is 95.3 Å². The van der Waals surface area contributed by atoms with Gasteiger partial charge in [-0.15, -0.1) is 0 Å². The molecule has 3 aromatic rings. The van der Waals surface area contributed by atoms with Crippen molar-refractivity contribution in [1.29, 1.82) is 0 Å². The van der Waals surface area contributed by atoms with Crippen LogP contribution in [0.2, 0.25) is 0 Å². The molecule has 0 saturated heterocycles. The molecule has 0 bridgehead atoms. The maximum absolute atomic E-state index is 4.03. The molecule has 1 N–H and O–H groups in total. The van der Waals surface area contributed by atoms with Gasteiger partial charge in [0.05, 0.1) is 36.2 Å². The summed E-state index contributed by atoms with van der Waals surface area (Å²) in [7, 11) is 0. The molecule has 0 amide bonds. The lowest BCUT2D eigenvalue weighted by molar-refractivity contribution is 1.24. The molecule has 0 fully saturated rings. The largest absolute Gasteiger partial charge is 0.353 e. The molecule has 0 saturated carbocycles. The second-order valence-electron chi connectivity index (χ2n) is 5.17. The second-order valence-corrected chi connectivity index (χ2v) is 5.17. The Balaban J connectivity index is 1.53. The standard InChI is InChI=1S/C20H17N5/c1-3-7-17(8-4-1)13-21-23-15-19-11-12-20(25-19)16-24-22-14-18-9-5-2-6-10-18/h1-16,25H/b21-13-,22-14-,23-15+,24-16+. The summed E-state index contributed by atoms with van der Waals surface area (Å²) in [6.45, 7) is 0. The summed E-state index contributed by atoms with van der Waals surface area (Å²) in [6, 6.07) is 23.5. The molecule has 25 heavy (non-hydrogen) atoms. The van der Waals surface area contributed by atoms with Crippen molar-refractivity contribution >= 4 is 24.9 Å². The lowest BCUT2D eigenvalue weighted by Gasteiger charge is -1.88. The van der Waals surface area contributed by atoms with Gasteiger partial charge in [-0.3, -0.25) is 0 Å². The fourth-order valence-corrected chi connectivity index (χ4v) is 2.05. The quantitative estimate of drug-likeness (QED) is 0.527. The summed E-state index contributed by atoms with van der Waals surface area (Å²) in [6.07, 6.45) is 6.73. The highest BCUT2D eigenvalue weighted by molar-refractivity contribution is 5.85. The number of nitrogens with one attached hydrogen (secondary N) is 1. The first kappa shape index (κ1) is 16.3. The van der Waals surface area contributed by atoms with Gasteiger partial charge in [-0.05, 0) is 23.3 Å². The van der Waals surface area contributed by atoms with Gasteiger partial charge in [0, 0.05) is 0 Å². The molecule has 1 aromatic heterocycles. The van der Waals surface area contributed by atoms with E-state index in [2.05, 4.69) is 25.4 Å². The fourth-order valence-electron chi connectivity index (χ4n) is 2.05. The van der Waals surface area contributed by atoms with Gasteiger partial charge in [0.2, 0.25) is 0 Å². The zero-order chi connectivity index (χ0) is 17.2. The first-order valence-corrected chi connectivity index (χ1v) is 7.82. The molecule has 5 heteroatoms. The normalized spacial score (nSPS) is 12.2. The van der Waals surface area contributed by atoms with Gasteiger partial charge in [0.25, 0.3) is 0 Å². The van der Waals surface area contributed by atoms with Crippen LogP contribution in [0.4, 0.5) is 0 Å². The van der Waals surface area contributed by atoms with Crippen LogP contribution in [-0.2, 0) is 0 Å². The Morgan fingerprint density at radius 3 is 1.32 bits per heavy atom. The van der Waals surface area contributed by atoms with E-state index in [-0.39, 0.29) is 0 Å². The van der Waals surface area contributed by atoms with Crippen molar-refractivity contribution in [3.8, 4) is 0 Å². The van der Waals surface area contributed by atoms with E-state index in [0.29, 0.717) is 0 Å². The molecule has 0 spiro atoms. The van der Waals surface area contributed by atoms with Crippen molar-refractivity contribution in [2.45, 2.75) is 0 Å². The van der Waals surface area contributed by atoms with E-state index in [0.717, 1.165) is 22.5 Å². The Labute approximate surface area is 146 Å². The number of hydrogen-bond donors (Lipinski definition) is 1. The van der Waals surface area contributed by atoms with Gasteiger partial charge in [0.1, 0.15) is 0 Å². The van der Waals surface area contributed by atoms with Crippen LogP contribution >= 0.6 is 0 Å². The summed E-state index contributed by atoms with van der Waals surface area (Å²) >= 11 is 0. The second kappa shape index (κ2) is 8.88. The average Bonchev–Trinajstić information content (AvgIpc) is 3.12. The van der Waals surface area contributed by atoms with E-state index in [4.69, 9.17) is 0 Å². The van der Waals surface area contributed by atoms with E-state index in [9.17, 15) is 0 Å². The maximum atomic E-state index is 4.03. The molecule has 0 aliphatic rings. The van der Waals surface area contributed by atoms with Crippen molar-refractivity contribution in [2.24, 2.45) is 20.4 Å². The lowest BCUT2D eigenvalue weighted by atomic mass is 10.2. The minimum atomic E-state index is 0.846. The van der Waals surface area contributed by atoms with Crippen molar-refractivity contribution in [2.75, 3.05) is 0 Å². The fraction of sp³-hybridized carbons (Fsp3) is 0. The van der Waals surface area contributed by atoms with Gasteiger partial charge in [-0.25, -0.2) is 0 Å². The number of nitrogens with zero attached hydrogens (tertiary/aromatic N) is 4. The third kappa shape index (κ3) is 5.51. The van der Waals surface area contributed by atoms with Crippen LogP contribution in [0.15, 0.2) is 93.2 Å². The Bertz CT molecular complexity index is 816. The van der Waals surface area contributed by atoms with Gasteiger partial charge in [0.15, 0.2) is 0 Å². The molecule has 0 atom stereocenters. The van der Waals surface area contributed by atoms with Crippen LogP contribution in [-0.4, -0.2) is 29.8 Å². The van der Waals surface area contributed by atoms with E-state index < -0.39 is 0 Å². The molecule has 0 unspecified atom stereocenters. The summed E-state index contributed by atoms with van der Waals surface area (Å²) in [5, 5.41) is 16.1. The number of hydrogen-bond acceptors (Lipinski definition) is 4. The molecule has 0 aliphatic carbocycles. The Morgan fingerprint density at radius 2 is 0.880 bits per heavy atom. The molecule has 0 aliphatic heterocycles. The minimum Gasteiger partial charge on any atom is -0.353 e. The number of aromatic amines is 1. The third-order valence-electron chi connectivity index (χ3n) is 3.27. The zero-order valence-electron chi connectivity index (χ0n) is 13.5. The maximum Gasteiger partial charge on any atom is 0.0730 e. The summed E-state index contributed by atoms with van der Waals surface area (Å²) < 4.78 is 0.